The van der Waals surface area contributed by atoms with Gasteiger partial charge in [0.2, 0.25) is 5.91 Å². The van der Waals surface area contributed by atoms with Gasteiger partial charge < -0.3 is 10.6 Å². The van der Waals surface area contributed by atoms with E-state index < -0.39 is 0 Å². The van der Waals surface area contributed by atoms with Gasteiger partial charge in [-0.1, -0.05) is 24.3 Å². The van der Waals surface area contributed by atoms with E-state index in [2.05, 4.69) is 16.7 Å². The van der Waals surface area contributed by atoms with Crippen molar-refractivity contribution in [2.75, 3.05) is 11.9 Å². The first-order valence-electron chi connectivity index (χ1n) is 6.73. The first-order valence-corrected chi connectivity index (χ1v) is 6.73. The molecule has 1 saturated heterocycles. The molecular weight excluding hydrogens is 250 g/mol. The lowest BCUT2D eigenvalue weighted by atomic mass is 10.0. The molecule has 0 spiro atoms. The van der Waals surface area contributed by atoms with Crippen molar-refractivity contribution in [2.24, 2.45) is 0 Å². The van der Waals surface area contributed by atoms with Crippen molar-refractivity contribution in [1.82, 2.24) is 5.32 Å². The smallest absolute Gasteiger partial charge is 0.220 e. The second-order valence-corrected chi connectivity index (χ2v) is 5.00. The molecule has 2 aromatic rings. The minimum absolute atomic E-state index is 0.126. The fourth-order valence-corrected chi connectivity index (χ4v) is 2.61. The zero-order valence-electron chi connectivity index (χ0n) is 11.0. The van der Waals surface area contributed by atoms with Crippen LogP contribution in [0.15, 0.2) is 36.4 Å². The maximum absolute atomic E-state index is 11.2. The molecular formula is C16H15N3O. The van der Waals surface area contributed by atoms with Gasteiger partial charge in [0.15, 0.2) is 0 Å². The minimum Gasteiger partial charge on any atom is -0.382 e. The SMILES string of the molecule is N#Cc1ccc(NCC2CCC(=O)N2)c2ccccc12. The molecule has 0 radical (unpaired) electrons. The normalized spacial score (nSPS) is 17.8. The lowest BCUT2D eigenvalue weighted by Gasteiger charge is -2.14. The number of fused-ring (bicyclic) bond motifs is 1. The number of nitriles is 1. The molecule has 1 aliphatic rings. The average Bonchev–Trinajstić information content (AvgIpc) is 2.90. The molecule has 1 fully saturated rings. The molecule has 0 aliphatic carbocycles. The van der Waals surface area contributed by atoms with Gasteiger partial charge in [0, 0.05) is 35.5 Å². The molecule has 1 heterocycles. The Morgan fingerprint density at radius 1 is 1.25 bits per heavy atom. The van der Waals surface area contributed by atoms with Crippen LogP contribution in [0.4, 0.5) is 5.69 Å². The zero-order valence-corrected chi connectivity index (χ0v) is 11.0. The number of nitrogens with zero attached hydrogens (tertiary/aromatic N) is 1. The Bertz CT molecular complexity index is 702. The van der Waals surface area contributed by atoms with Gasteiger partial charge >= 0.3 is 0 Å². The number of anilines is 1. The van der Waals surface area contributed by atoms with Crippen molar-refractivity contribution in [3.8, 4) is 6.07 Å². The molecule has 1 amide bonds. The van der Waals surface area contributed by atoms with E-state index in [-0.39, 0.29) is 11.9 Å². The molecule has 2 N–H and O–H groups in total. The Kier molecular flexibility index (Phi) is 3.26. The second-order valence-electron chi connectivity index (χ2n) is 5.00. The van der Waals surface area contributed by atoms with Gasteiger partial charge in [-0.15, -0.1) is 0 Å². The van der Waals surface area contributed by atoms with Crippen molar-refractivity contribution < 1.29 is 4.79 Å². The highest BCUT2D eigenvalue weighted by molar-refractivity contribution is 5.97. The summed E-state index contributed by atoms with van der Waals surface area (Å²) in [5, 5.41) is 17.5. The van der Waals surface area contributed by atoms with Crippen molar-refractivity contribution in [2.45, 2.75) is 18.9 Å². The molecule has 2 aromatic carbocycles. The van der Waals surface area contributed by atoms with Crippen LogP contribution in [0.1, 0.15) is 18.4 Å². The topological polar surface area (TPSA) is 64.9 Å². The molecule has 100 valence electrons. The lowest BCUT2D eigenvalue weighted by molar-refractivity contribution is -0.119. The summed E-state index contributed by atoms with van der Waals surface area (Å²) < 4.78 is 0. The average molecular weight is 265 g/mol. The van der Waals surface area contributed by atoms with Crippen molar-refractivity contribution in [1.29, 1.82) is 5.26 Å². The van der Waals surface area contributed by atoms with Crippen LogP contribution in [-0.2, 0) is 4.79 Å². The molecule has 3 rings (SSSR count). The van der Waals surface area contributed by atoms with E-state index in [1.165, 1.54) is 0 Å². The van der Waals surface area contributed by atoms with E-state index in [0.717, 1.165) is 22.9 Å². The van der Waals surface area contributed by atoms with Crippen molar-refractivity contribution in [3.05, 3.63) is 42.0 Å². The largest absolute Gasteiger partial charge is 0.382 e. The quantitative estimate of drug-likeness (QED) is 0.895. The van der Waals surface area contributed by atoms with Gasteiger partial charge in [-0.3, -0.25) is 4.79 Å². The fourth-order valence-electron chi connectivity index (χ4n) is 2.61. The summed E-state index contributed by atoms with van der Waals surface area (Å²) in [6, 6.07) is 14.0. The van der Waals surface area contributed by atoms with Crippen LogP contribution in [0.2, 0.25) is 0 Å². The first-order chi connectivity index (χ1) is 9.78. The maximum atomic E-state index is 11.2. The highest BCUT2D eigenvalue weighted by atomic mass is 16.1. The Hall–Kier alpha value is -2.54. The predicted molar refractivity (Wildman–Crippen MR) is 78.3 cm³/mol. The number of carbonyl (C=O) groups excluding carboxylic acids is 1. The Labute approximate surface area is 117 Å². The van der Waals surface area contributed by atoms with Gasteiger partial charge in [-0.2, -0.15) is 5.26 Å². The number of nitrogens with one attached hydrogen (secondary N) is 2. The van der Waals surface area contributed by atoms with Crippen LogP contribution in [-0.4, -0.2) is 18.5 Å². The van der Waals surface area contributed by atoms with E-state index in [9.17, 15) is 4.79 Å². The molecule has 1 atom stereocenters. The molecule has 0 saturated carbocycles. The zero-order chi connectivity index (χ0) is 13.9. The first kappa shape index (κ1) is 12.5. The summed E-state index contributed by atoms with van der Waals surface area (Å²) in [5.41, 5.74) is 1.68. The molecule has 0 aromatic heterocycles. The standard InChI is InChI=1S/C16H15N3O/c17-9-11-5-7-15(14-4-2-1-3-13(11)14)18-10-12-6-8-16(20)19-12/h1-5,7,12,18H,6,8,10H2,(H,19,20). The van der Waals surface area contributed by atoms with Gasteiger partial charge in [-0.05, 0) is 18.6 Å². The van der Waals surface area contributed by atoms with Gasteiger partial charge in [0.25, 0.3) is 0 Å². The number of hydrogen-bond donors (Lipinski definition) is 2. The molecule has 20 heavy (non-hydrogen) atoms. The van der Waals surface area contributed by atoms with Crippen LogP contribution in [0, 0.1) is 11.3 Å². The van der Waals surface area contributed by atoms with Crippen molar-refractivity contribution in [3.63, 3.8) is 0 Å². The van der Waals surface area contributed by atoms with Gasteiger partial charge in [0.05, 0.1) is 11.6 Å². The van der Waals surface area contributed by atoms with E-state index in [1.54, 1.807) is 0 Å². The summed E-state index contributed by atoms with van der Waals surface area (Å²) >= 11 is 0. The number of benzene rings is 2. The van der Waals surface area contributed by atoms with Crippen LogP contribution in [0.25, 0.3) is 10.8 Å². The van der Waals surface area contributed by atoms with Crippen LogP contribution >= 0.6 is 0 Å². The highest BCUT2D eigenvalue weighted by Gasteiger charge is 2.20. The summed E-state index contributed by atoms with van der Waals surface area (Å²) in [6.07, 6.45) is 1.49. The van der Waals surface area contributed by atoms with Crippen LogP contribution in [0.5, 0.6) is 0 Å². The van der Waals surface area contributed by atoms with E-state index >= 15 is 0 Å². The number of carbonyl (C=O) groups is 1. The number of hydrogen-bond acceptors (Lipinski definition) is 3. The van der Waals surface area contributed by atoms with Crippen LogP contribution < -0.4 is 10.6 Å². The summed E-state index contributed by atoms with van der Waals surface area (Å²) in [7, 11) is 0. The molecule has 4 nitrogen and oxygen atoms in total. The van der Waals surface area contributed by atoms with E-state index in [0.29, 0.717) is 18.5 Å². The second kappa shape index (κ2) is 5.22. The van der Waals surface area contributed by atoms with Gasteiger partial charge in [-0.25, -0.2) is 0 Å². The maximum Gasteiger partial charge on any atom is 0.220 e. The highest BCUT2D eigenvalue weighted by Crippen LogP contribution is 2.26. The third-order valence-corrected chi connectivity index (χ3v) is 3.67. The predicted octanol–water partition coefficient (Wildman–Crippen LogP) is 2.40. The van der Waals surface area contributed by atoms with E-state index in [1.807, 2.05) is 36.4 Å². The number of amides is 1. The molecule has 4 heteroatoms. The summed E-state index contributed by atoms with van der Waals surface area (Å²) in [5.74, 6) is 0.126. The lowest BCUT2D eigenvalue weighted by Crippen LogP contribution is -2.31. The summed E-state index contributed by atoms with van der Waals surface area (Å²) in [6.45, 7) is 0.710. The Morgan fingerprint density at radius 2 is 2.05 bits per heavy atom. The number of rotatable bonds is 3. The van der Waals surface area contributed by atoms with Crippen molar-refractivity contribution >= 4 is 22.4 Å². The fraction of sp³-hybridized carbons (Fsp3) is 0.250. The van der Waals surface area contributed by atoms with Gasteiger partial charge in [0.1, 0.15) is 0 Å². The molecule has 0 bridgehead atoms. The van der Waals surface area contributed by atoms with Crippen LogP contribution in [0.3, 0.4) is 0 Å². The third-order valence-electron chi connectivity index (χ3n) is 3.67. The Morgan fingerprint density at radius 3 is 2.75 bits per heavy atom. The van der Waals surface area contributed by atoms with E-state index in [4.69, 9.17) is 5.26 Å². The minimum atomic E-state index is 0.126. The molecule has 1 aliphatic heterocycles. The third kappa shape index (κ3) is 2.30. The molecule has 1 unspecified atom stereocenters. The summed E-state index contributed by atoms with van der Waals surface area (Å²) in [4.78, 5) is 11.2. The monoisotopic (exact) mass is 265 g/mol. The Balaban J connectivity index is 1.85.